The first kappa shape index (κ1) is 32.4. The summed E-state index contributed by atoms with van der Waals surface area (Å²) in [4.78, 5) is 30.2. The fourth-order valence-corrected chi connectivity index (χ4v) is 7.11. The van der Waals surface area contributed by atoms with Crippen LogP contribution in [0.1, 0.15) is 50.7 Å². The van der Waals surface area contributed by atoms with Gasteiger partial charge in [0.25, 0.3) is 10.0 Å². The van der Waals surface area contributed by atoms with Crippen LogP contribution in [0.25, 0.3) is 0 Å². The predicted octanol–water partition coefficient (Wildman–Crippen LogP) is 5.79. The Bertz CT molecular complexity index is 1500. The minimum Gasteiger partial charge on any atom is -0.492 e. The van der Waals surface area contributed by atoms with E-state index in [1.165, 1.54) is 16.7 Å². The fraction of sp³-hybridized carbons (Fsp3) is 0.394. The Kier molecular flexibility index (Phi) is 11.2. The van der Waals surface area contributed by atoms with Gasteiger partial charge in [-0.25, -0.2) is 8.42 Å². The molecule has 3 aromatic rings. The van der Waals surface area contributed by atoms with Crippen molar-refractivity contribution >= 4 is 39.3 Å². The van der Waals surface area contributed by atoms with Gasteiger partial charge >= 0.3 is 0 Å². The number of ether oxygens (including phenoxy) is 1. The number of hydrogen-bond donors (Lipinski definition) is 1. The van der Waals surface area contributed by atoms with Crippen LogP contribution in [0.4, 0.5) is 5.69 Å². The first-order chi connectivity index (χ1) is 20.6. The van der Waals surface area contributed by atoms with Gasteiger partial charge in [0.15, 0.2) is 0 Å². The Balaban J connectivity index is 1.73. The van der Waals surface area contributed by atoms with E-state index in [1.807, 2.05) is 44.4 Å². The zero-order valence-corrected chi connectivity index (χ0v) is 26.9. The standard InChI is InChI=1S/C33H41N3O5S2/c1-5-41-31-17-11-10-16-30(31)36(43(39,40)29-20-18-28(42-4)19-21-29)23-32(37)35(22-26-13-7-6-12-24(26)2)25(3)33(38)34-27-14-8-9-15-27/h6-7,10-13,16-21,25,27H,5,8-9,14-15,22-23H2,1-4H3,(H,34,38)/t25-/m1/s1. The monoisotopic (exact) mass is 623 g/mol. The second kappa shape index (κ2) is 14.8. The summed E-state index contributed by atoms with van der Waals surface area (Å²) in [6.07, 6.45) is 5.88. The summed E-state index contributed by atoms with van der Waals surface area (Å²) in [6, 6.07) is 20.3. The van der Waals surface area contributed by atoms with Gasteiger partial charge in [0.2, 0.25) is 11.8 Å². The maximum atomic E-state index is 14.3. The molecule has 230 valence electrons. The zero-order valence-electron chi connectivity index (χ0n) is 25.3. The van der Waals surface area contributed by atoms with E-state index in [0.29, 0.717) is 12.4 Å². The van der Waals surface area contributed by atoms with Crippen LogP contribution in [0.3, 0.4) is 0 Å². The number of aryl methyl sites for hydroxylation is 1. The number of amides is 2. The molecule has 2 amide bonds. The van der Waals surface area contributed by atoms with Crippen LogP contribution in [-0.2, 0) is 26.2 Å². The minimum atomic E-state index is -4.20. The zero-order chi connectivity index (χ0) is 31.0. The van der Waals surface area contributed by atoms with Crippen LogP contribution < -0.4 is 14.4 Å². The van der Waals surface area contributed by atoms with E-state index in [1.54, 1.807) is 55.5 Å². The quantitative estimate of drug-likeness (QED) is 0.242. The van der Waals surface area contributed by atoms with E-state index in [2.05, 4.69) is 5.32 Å². The molecule has 1 aliphatic rings. The highest BCUT2D eigenvalue weighted by atomic mass is 32.2. The maximum Gasteiger partial charge on any atom is 0.264 e. The smallest absolute Gasteiger partial charge is 0.264 e. The van der Waals surface area contributed by atoms with Crippen LogP contribution in [-0.4, -0.2) is 56.6 Å². The highest BCUT2D eigenvalue weighted by molar-refractivity contribution is 7.98. The van der Waals surface area contributed by atoms with Gasteiger partial charge < -0.3 is 15.0 Å². The van der Waals surface area contributed by atoms with Gasteiger partial charge in [0.05, 0.1) is 17.2 Å². The number of carbonyl (C=O) groups is 2. The number of hydrogen-bond acceptors (Lipinski definition) is 6. The number of rotatable bonds is 13. The molecule has 1 saturated carbocycles. The summed E-state index contributed by atoms with van der Waals surface area (Å²) in [5.74, 6) is -0.391. The summed E-state index contributed by atoms with van der Waals surface area (Å²) in [5, 5.41) is 3.11. The second-order valence-corrected chi connectivity index (χ2v) is 13.4. The third-order valence-electron chi connectivity index (χ3n) is 7.83. The number of sulfonamides is 1. The number of thioether (sulfide) groups is 1. The largest absolute Gasteiger partial charge is 0.492 e. The minimum absolute atomic E-state index is 0.0573. The van der Waals surface area contributed by atoms with E-state index < -0.39 is 28.5 Å². The molecule has 1 atom stereocenters. The first-order valence-electron chi connectivity index (χ1n) is 14.7. The summed E-state index contributed by atoms with van der Waals surface area (Å²) in [5.41, 5.74) is 2.11. The summed E-state index contributed by atoms with van der Waals surface area (Å²) in [6.45, 7) is 5.44. The SMILES string of the molecule is CCOc1ccccc1N(CC(=O)N(Cc1ccccc1C)[C@H](C)C(=O)NC1CCCC1)S(=O)(=O)c1ccc(SC)cc1. The number of benzene rings is 3. The molecule has 0 spiro atoms. The van der Waals surface area contributed by atoms with E-state index >= 15 is 0 Å². The van der Waals surface area contributed by atoms with Crippen molar-refractivity contribution in [2.75, 3.05) is 23.7 Å². The molecule has 43 heavy (non-hydrogen) atoms. The van der Waals surface area contributed by atoms with Crippen molar-refractivity contribution in [3.63, 3.8) is 0 Å². The average molecular weight is 624 g/mol. The van der Waals surface area contributed by atoms with Crippen LogP contribution in [0.5, 0.6) is 5.75 Å². The van der Waals surface area contributed by atoms with Gasteiger partial charge in [-0.3, -0.25) is 13.9 Å². The lowest BCUT2D eigenvalue weighted by Gasteiger charge is -2.33. The Morgan fingerprint density at radius 1 is 1.00 bits per heavy atom. The summed E-state index contributed by atoms with van der Waals surface area (Å²) >= 11 is 1.51. The molecule has 0 bridgehead atoms. The summed E-state index contributed by atoms with van der Waals surface area (Å²) < 4.78 is 35.3. The molecule has 0 aliphatic heterocycles. The Hall–Kier alpha value is -3.50. The predicted molar refractivity (Wildman–Crippen MR) is 172 cm³/mol. The fourth-order valence-electron chi connectivity index (χ4n) is 5.27. The van der Waals surface area contributed by atoms with Crippen LogP contribution in [0.15, 0.2) is 82.6 Å². The van der Waals surface area contributed by atoms with Gasteiger partial charge in [-0.1, -0.05) is 49.2 Å². The third kappa shape index (κ3) is 7.92. The van der Waals surface area contributed by atoms with Crippen LogP contribution in [0.2, 0.25) is 0 Å². The second-order valence-electron chi connectivity index (χ2n) is 10.7. The van der Waals surface area contributed by atoms with Crippen molar-refractivity contribution in [3.8, 4) is 5.75 Å². The van der Waals surface area contributed by atoms with E-state index in [-0.39, 0.29) is 29.1 Å². The molecule has 1 fully saturated rings. The Morgan fingerprint density at radius 3 is 2.30 bits per heavy atom. The van der Waals surface area contributed by atoms with Crippen molar-refractivity contribution in [2.24, 2.45) is 0 Å². The van der Waals surface area contributed by atoms with Crippen molar-refractivity contribution in [1.82, 2.24) is 10.2 Å². The summed E-state index contributed by atoms with van der Waals surface area (Å²) in [7, 11) is -4.20. The normalized spacial score (nSPS) is 14.2. The van der Waals surface area contributed by atoms with Gasteiger partial charge in [-0.15, -0.1) is 11.8 Å². The third-order valence-corrected chi connectivity index (χ3v) is 10.3. The van der Waals surface area contributed by atoms with Gasteiger partial charge in [0.1, 0.15) is 18.3 Å². The molecule has 3 aromatic carbocycles. The lowest BCUT2D eigenvalue weighted by atomic mass is 10.1. The maximum absolute atomic E-state index is 14.3. The molecular weight excluding hydrogens is 583 g/mol. The van der Waals surface area contributed by atoms with Gasteiger partial charge in [0, 0.05) is 17.5 Å². The molecule has 0 aromatic heterocycles. The van der Waals surface area contributed by atoms with Crippen molar-refractivity contribution < 1.29 is 22.7 Å². The molecule has 0 saturated heterocycles. The molecule has 1 N–H and O–H groups in total. The Labute approximate surface area is 259 Å². The number of nitrogens with zero attached hydrogens (tertiary/aromatic N) is 2. The molecular formula is C33H41N3O5S2. The number of carbonyl (C=O) groups excluding carboxylic acids is 2. The lowest BCUT2D eigenvalue weighted by Crippen LogP contribution is -2.52. The molecule has 0 heterocycles. The van der Waals surface area contributed by atoms with Crippen LogP contribution >= 0.6 is 11.8 Å². The van der Waals surface area contributed by atoms with Crippen molar-refractivity contribution in [3.05, 3.63) is 83.9 Å². The highest BCUT2D eigenvalue weighted by Gasteiger charge is 2.34. The number of anilines is 1. The molecule has 0 unspecified atom stereocenters. The molecule has 1 aliphatic carbocycles. The van der Waals surface area contributed by atoms with Crippen molar-refractivity contribution in [2.45, 2.75) is 74.9 Å². The van der Waals surface area contributed by atoms with Gasteiger partial charge in [-0.2, -0.15) is 0 Å². The highest BCUT2D eigenvalue weighted by Crippen LogP contribution is 2.33. The average Bonchev–Trinajstić information content (AvgIpc) is 3.52. The Morgan fingerprint density at radius 2 is 1.65 bits per heavy atom. The molecule has 8 nitrogen and oxygen atoms in total. The van der Waals surface area contributed by atoms with Crippen LogP contribution in [0, 0.1) is 6.92 Å². The first-order valence-corrected chi connectivity index (χ1v) is 17.3. The topological polar surface area (TPSA) is 96.0 Å². The number of para-hydroxylation sites is 2. The van der Waals surface area contributed by atoms with Crippen molar-refractivity contribution in [1.29, 1.82) is 0 Å². The molecule has 0 radical (unpaired) electrons. The molecule has 4 rings (SSSR count). The van der Waals surface area contributed by atoms with E-state index in [9.17, 15) is 18.0 Å². The van der Waals surface area contributed by atoms with Gasteiger partial charge in [-0.05, 0) is 87.4 Å². The lowest BCUT2D eigenvalue weighted by molar-refractivity contribution is -0.139. The number of nitrogens with one attached hydrogen (secondary N) is 1. The molecule has 10 heteroatoms. The van der Waals surface area contributed by atoms with E-state index in [4.69, 9.17) is 4.74 Å². The van der Waals surface area contributed by atoms with E-state index in [0.717, 1.165) is 46.0 Å².